The van der Waals surface area contributed by atoms with Crippen molar-refractivity contribution in [1.82, 2.24) is 20.2 Å². The maximum absolute atomic E-state index is 12.6. The second kappa shape index (κ2) is 9.00. The fourth-order valence-corrected chi connectivity index (χ4v) is 3.08. The third-order valence-electron chi connectivity index (χ3n) is 4.60. The van der Waals surface area contributed by atoms with Gasteiger partial charge in [-0.3, -0.25) is 9.88 Å². The van der Waals surface area contributed by atoms with E-state index >= 15 is 0 Å². The molecule has 0 atom stereocenters. The van der Waals surface area contributed by atoms with Gasteiger partial charge in [0.2, 0.25) is 0 Å². The van der Waals surface area contributed by atoms with Crippen LogP contribution in [-0.4, -0.2) is 28.7 Å². The molecule has 0 aliphatic rings. The lowest BCUT2D eigenvalue weighted by atomic mass is 10.2. The van der Waals surface area contributed by atoms with E-state index in [9.17, 15) is 9.59 Å². The number of pyridine rings is 1. The molecule has 8 nitrogen and oxygen atoms in total. The van der Waals surface area contributed by atoms with E-state index in [0.29, 0.717) is 23.9 Å². The lowest BCUT2D eigenvalue weighted by molar-refractivity contribution is 0.243. The molecule has 0 saturated heterocycles. The van der Waals surface area contributed by atoms with Crippen LogP contribution in [0.25, 0.3) is 10.9 Å². The Morgan fingerprint density at radius 3 is 2.61 bits per heavy atom. The molecule has 0 radical (unpaired) electrons. The van der Waals surface area contributed by atoms with Gasteiger partial charge in [0.25, 0.3) is 0 Å². The second-order valence-electron chi connectivity index (χ2n) is 6.73. The Morgan fingerprint density at radius 2 is 1.81 bits per heavy atom. The van der Waals surface area contributed by atoms with Crippen LogP contribution in [0.1, 0.15) is 5.56 Å². The summed E-state index contributed by atoms with van der Waals surface area (Å²) in [6, 6.07) is 19.8. The Balaban J connectivity index is 1.47. The molecule has 0 aliphatic carbocycles. The first kappa shape index (κ1) is 20.0. The van der Waals surface area contributed by atoms with Gasteiger partial charge in [0.05, 0.1) is 5.52 Å². The molecule has 3 N–H and O–H groups in total. The summed E-state index contributed by atoms with van der Waals surface area (Å²) in [6.07, 6.45) is 3.28. The molecule has 0 fully saturated rings. The molecule has 156 valence electrons. The molecule has 2 heterocycles. The molecule has 4 aromatic rings. The SMILES string of the molecule is CNC(=O)Nc1cc(Oc2ccc3c(ccn3C(=O)NCc3ccccc3)c2)ccn1. The number of hydrogen-bond acceptors (Lipinski definition) is 4. The smallest absolute Gasteiger partial charge is 0.326 e. The number of carbonyl (C=O) groups is 2. The fraction of sp³-hybridized carbons (Fsp3) is 0.0870. The first-order chi connectivity index (χ1) is 15.1. The molecule has 4 rings (SSSR count). The van der Waals surface area contributed by atoms with E-state index in [-0.39, 0.29) is 12.1 Å². The molecule has 0 saturated carbocycles. The molecule has 3 amide bonds. The summed E-state index contributed by atoms with van der Waals surface area (Å²) in [4.78, 5) is 28.1. The Bertz CT molecular complexity index is 1220. The predicted molar refractivity (Wildman–Crippen MR) is 118 cm³/mol. The molecule has 31 heavy (non-hydrogen) atoms. The number of anilines is 1. The van der Waals surface area contributed by atoms with E-state index in [2.05, 4.69) is 20.9 Å². The largest absolute Gasteiger partial charge is 0.457 e. The van der Waals surface area contributed by atoms with Gasteiger partial charge in [-0.2, -0.15) is 0 Å². The van der Waals surface area contributed by atoms with Crippen molar-refractivity contribution in [2.75, 3.05) is 12.4 Å². The number of ether oxygens (including phenoxy) is 1. The van der Waals surface area contributed by atoms with Crippen molar-refractivity contribution < 1.29 is 14.3 Å². The van der Waals surface area contributed by atoms with Crippen molar-refractivity contribution in [2.24, 2.45) is 0 Å². The van der Waals surface area contributed by atoms with Crippen LogP contribution < -0.4 is 20.7 Å². The molecular weight excluding hydrogens is 394 g/mol. The zero-order valence-electron chi connectivity index (χ0n) is 16.8. The Morgan fingerprint density at radius 1 is 1.00 bits per heavy atom. The van der Waals surface area contributed by atoms with E-state index in [4.69, 9.17) is 4.74 Å². The molecular formula is C23H21N5O3. The predicted octanol–water partition coefficient (Wildman–Crippen LogP) is 4.34. The second-order valence-corrected chi connectivity index (χ2v) is 6.73. The Labute approximate surface area is 178 Å². The van der Waals surface area contributed by atoms with Crippen LogP contribution in [0.5, 0.6) is 11.5 Å². The number of nitrogens with one attached hydrogen (secondary N) is 3. The lowest BCUT2D eigenvalue weighted by Gasteiger charge is -2.09. The zero-order valence-corrected chi connectivity index (χ0v) is 16.8. The van der Waals surface area contributed by atoms with Gasteiger partial charge >= 0.3 is 12.1 Å². The minimum Gasteiger partial charge on any atom is -0.457 e. The topological polar surface area (TPSA) is 97.3 Å². The van der Waals surface area contributed by atoms with Crippen molar-refractivity contribution in [3.63, 3.8) is 0 Å². The maximum Gasteiger partial charge on any atom is 0.326 e. The number of carbonyl (C=O) groups excluding carboxylic acids is 2. The molecule has 0 spiro atoms. The highest BCUT2D eigenvalue weighted by molar-refractivity contribution is 5.92. The van der Waals surface area contributed by atoms with Gasteiger partial charge in [0.1, 0.15) is 17.3 Å². The average Bonchev–Trinajstić information content (AvgIpc) is 3.21. The van der Waals surface area contributed by atoms with Crippen LogP contribution in [0, 0.1) is 0 Å². The van der Waals surface area contributed by atoms with E-state index < -0.39 is 0 Å². The number of amides is 3. The van der Waals surface area contributed by atoms with Gasteiger partial charge < -0.3 is 15.4 Å². The number of benzene rings is 2. The Kier molecular flexibility index (Phi) is 5.79. The van der Waals surface area contributed by atoms with Crippen molar-refractivity contribution >= 4 is 28.8 Å². The third kappa shape index (κ3) is 4.81. The maximum atomic E-state index is 12.6. The molecule has 0 bridgehead atoms. The van der Waals surface area contributed by atoms with E-state index in [0.717, 1.165) is 16.5 Å². The number of hydrogen-bond donors (Lipinski definition) is 3. The molecule has 2 aromatic heterocycles. The van der Waals surface area contributed by atoms with Gasteiger partial charge in [-0.25, -0.2) is 14.6 Å². The Hall–Kier alpha value is -4.33. The van der Waals surface area contributed by atoms with Crippen LogP contribution in [0.3, 0.4) is 0 Å². The summed E-state index contributed by atoms with van der Waals surface area (Å²) in [5, 5.41) is 8.85. The molecule has 8 heteroatoms. The van der Waals surface area contributed by atoms with Crippen LogP contribution in [0.2, 0.25) is 0 Å². The van der Waals surface area contributed by atoms with E-state index in [1.807, 2.05) is 48.5 Å². The third-order valence-corrected chi connectivity index (χ3v) is 4.60. The van der Waals surface area contributed by atoms with Crippen molar-refractivity contribution in [2.45, 2.75) is 6.54 Å². The monoisotopic (exact) mass is 415 g/mol. The van der Waals surface area contributed by atoms with Crippen LogP contribution >= 0.6 is 0 Å². The zero-order chi connectivity index (χ0) is 21.6. The summed E-state index contributed by atoms with van der Waals surface area (Å²) in [5.41, 5.74) is 1.81. The van der Waals surface area contributed by atoms with E-state index in [1.165, 1.54) is 7.05 Å². The highest BCUT2D eigenvalue weighted by Gasteiger charge is 2.10. The number of aromatic nitrogens is 2. The van der Waals surface area contributed by atoms with Gasteiger partial charge in [0.15, 0.2) is 0 Å². The summed E-state index contributed by atoms with van der Waals surface area (Å²) >= 11 is 0. The summed E-state index contributed by atoms with van der Waals surface area (Å²) in [7, 11) is 1.53. The lowest BCUT2D eigenvalue weighted by Crippen LogP contribution is -2.27. The first-order valence-corrected chi connectivity index (χ1v) is 9.68. The number of rotatable bonds is 5. The summed E-state index contributed by atoms with van der Waals surface area (Å²) in [6.45, 7) is 0.453. The van der Waals surface area contributed by atoms with Gasteiger partial charge in [0, 0.05) is 37.4 Å². The summed E-state index contributed by atoms with van der Waals surface area (Å²) < 4.78 is 7.47. The van der Waals surface area contributed by atoms with Crippen molar-refractivity contribution in [3.8, 4) is 11.5 Å². The normalized spacial score (nSPS) is 10.5. The highest BCUT2D eigenvalue weighted by Crippen LogP contribution is 2.27. The van der Waals surface area contributed by atoms with E-state index in [1.54, 1.807) is 35.2 Å². The van der Waals surface area contributed by atoms with Crippen molar-refractivity contribution in [3.05, 3.63) is 84.7 Å². The molecule has 0 aliphatic heterocycles. The minimum absolute atomic E-state index is 0.202. The van der Waals surface area contributed by atoms with Gasteiger partial charge in [-0.1, -0.05) is 30.3 Å². The number of fused-ring (bicyclic) bond motifs is 1. The molecule has 0 unspecified atom stereocenters. The van der Waals surface area contributed by atoms with Crippen LogP contribution in [0.4, 0.5) is 15.4 Å². The molecule has 2 aromatic carbocycles. The number of urea groups is 1. The average molecular weight is 415 g/mol. The van der Waals surface area contributed by atoms with Crippen LogP contribution in [0.15, 0.2) is 79.1 Å². The van der Waals surface area contributed by atoms with Gasteiger partial charge in [-0.05, 0) is 35.9 Å². The standard InChI is InChI=1S/C23H21N5O3/c1-24-22(29)27-21-14-19(9-11-25-21)31-18-7-8-20-17(13-18)10-12-28(20)23(30)26-15-16-5-3-2-4-6-16/h2-14H,15H2,1H3,(H,26,30)(H2,24,25,27,29). The first-order valence-electron chi connectivity index (χ1n) is 9.68. The number of nitrogens with zero attached hydrogens (tertiary/aromatic N) is 2. The quantitative estimate of drug-likeness (QED) is 0.452. The summed E-state index contributed by atoms with van der Waals surface area (Å²) in [5.74, 6) is 1.51. The van der Waals surface area contributed by atoms with Crippen molar-refractivity contribution in [1.29, 1.82) is 0 Å². The van der Waals surface area contributed by atoms with Crippen LogP contribution in [-0.2, 0) is 6.54 Å². The fourth-order valence-electron chi connectivity index (χ4n) is 3.08. The minimum atomic E-state index is -0.363. The highest BCUT2D eigenvalue weighted by atomic mass is 16.5. The van der Waals surface area contributed by atoms with Gasteiger partial charge in [-0.15, -0.1) is 0 Å².